The summed E-state index contributed by atoms with van der Waals surface area (Å²) in [6.45, 7) is 0. The van der Waals surface area contributed by atoms with Gasteiger partial charge in [0.2, 0.25) is 0 Å². The van der Waals surface area contributed by atoms with Crippen LogP contribution in [0.5, 0.6) is 5.75 Å². The average Bonchev–Trinajstić information content (AvgIpc) is 2.18. The van der Waals surface area contributed by atoms with Crippen LogP contribution in [0.4, 0.5) is 18.9 Å². The summed E-state index contributed by atoms with van der Waals surface area (Å²) in [7, 11) is 0. The third-order valence-corrected chi connectivity index (χ3v) is 2.24. The van der Waals surface area contributed by atoms with Gasteiger partial charge in [-0.15, -0.1) is 13.2 Å². The molecule has 0 aliphatic heterocycles. The molecule has 90 valence electrons. The van der Waals surface area contributed by atoms with E-state index in [9.17, 15) is 23.3 Å². The maximum Gasteiger partial charge on any atom is 0.573 e. The van der Waals surface area contributed by atoms with Crippen LogP contribution in [-0.2, 0) is 0 Å². The van der Waals surface area contributed by atoms with Gasteiger partial charge in [0.1, 0.15) is 16.7 Å². The Morgan fingerprint density at radius 3 is 2.59 bits per heavy atom. The van der Waals surface area contributed by atoms with E-state index in [0.717, 1.165) is 0 Å². The number of alkyl halides is 3. The fraction of sp³-hybridized carbons (Fsp3) is 0.143. The lowest BCUT2D eigenvalue weighted by Crippen LogP contribution is -2.18. The largest absolute Gasteiger partial charge is 0.573 e. The molecule has 0 radical (unpaired) electrons. The second kappa shape index (κ2) is 4.54. The Hall–Kier alpha value is -1.89. The third-order valence-electron chi connectivity index (χ3n) is 1.48. The molecular formula is C7HBrF3N3O3. The Morgan fingerprint density at radius 1 is 1.59 bits per heavy atom. The van der Waals surface area contributed by atoms with Gasteiger partial charge in [0.15, 0.2) is 11.4 Å². The molecule has 1 heterocycles. The van der Waals surface area contributed by atoms with Gasteiger partial charge in [0.25, 0.3) is 0 Å². The van der Waals surface area contributed by atoms with Crippen molar-refractivity contribution in [3.05, 3.63) is 26.5 Å². The average molecular weight is 312 g/mol. The van der Waals surface area contributed by atoms with Crippen molar-refractivity contribution in [1.82, 2.24) is 4.98 Å². The predicted molar refractivity (Wildman–Crippen MR) is 50.0 cm³/mol. The fourth-order valence-corrected chi connectivity index (χ4v) is 1.39. The number of rotatable bonds is 2. The molecule has 10 heteroatoms. The van der Waals surface area contributed by atoms with E-state index in [0.29, 0.717) is 6.20 Å². The SMILES string of the molecule is N#Cc1ncc([N+](=O)[O-])c(Br)c1OC(F)(F)F. The molecule has 0 saturated carbocycles. The number of nitro groups is 1. The molecule has 0 unspecified atom stereocenters. The number of hydrogen-bond donors (Lipinski definition) is 0. The van der Waals surface area contributed by atoms with Gasteiger partial charge < -0.3 is 4.74 Å². The van der Waals surface area contributed by atoms with Crippen molar-refractivity contribution in [2.24, 2.45) is 0 Å². The fourth-order valence-electron chi connectivity index (χ4n) is 0.877. The van der Waals surface area contributed by atoms with Crippen LogP contribution in [0.2, 0.25) is 0 Å². The highest BCUT2D eigenvalue weighted by atomic mass is 79.9. The predicted octanol–water partition coefficient (Wildman–Crippen LogP) is 2.52. The Balaban J connectivity index is 3.39. The summed E-state index contributed by atoms with van der Waals surface area (Å²) in [5.74, 6) is -1.03. The summed E-state index contributed by atoms with van der Waals surface area (Å²) < 4.78 is 39.0. The van der Waals surface area contributed by atoms with Gasteiger partial charge in [0, 0.05) is 0 Å². The Bertz CT molecular complexity index is 512. The molecule has 0 amide bonds. The van der Waals surface area contributed by atoms with Crippen LogP contribution in [0, 0.1) is 21.4 Å². The van der Waals surface area contributed by atoms with Gasteiger partial charge in [0.05, 0.1) is 4.92 Å². The minimum Gasteiger partial charge on any atom is -0.401 e. The van der Waals surface area contributed by atoms with Gasteiger partial charge in [-0.3, -0.25) is 10.1 Å². The summed E-state index contributed by atoms with van der Waals surface area (Å²) in [6.07, 6.45) is -4.42. The van der Waals surface area contributed by atoms with Crippen molar-refractivity contribution in [3.63, 3.8) is 0 Å². The second-order valence-corrected chi connectivity index (χ2v) is 3.34. The van der Waals surface area contributed by atoms with E-state index >= 15 is 0 Å². The molecule has 0 aliphatic rings. The zero-order chi connectivity index (χ0) is 13.2. The minimum atomic E-state index is -5.08. The van der Waals surface area contributed by atoms with Gasteiger partial charge in [-0.25, -0.2) is 4.98 Å². The van der Waals surface area contributed by atoms with Gasteiger partial charge >= 0.3 is 12.0 Å². The topological polar surface area (TPSA) is 89.0 Å². The lowest BCUT2D eigenvalue weighted by molar-refractivity contribution is -0.386. The highest BCUT2D eigenvalue weighted by molar-refractivity contribution is 9.10. The van der Waals surface area contributed by atoms with Crippen LogP contribution in [0.25, 0.3) is 0 Å². The number of nitriles is 1. The number of aromatic nitrogens is 1. The summed E-state index contributed by atoms with van der Waals surface area (Å²) in [6, 6.07) is 1.34. The molecule has 17 heavy (non-hydrogen) atoms. The number of ether oxygens (including phenoxy) is 1. The molecule has 0 bridgehead atoms. The summed E-state index contributed by atoms with van der Waals surface area (Å²) in [4.78, 5) is 12.7. The minimum absolute atomic E-state index is 0.591. The van der Waals surface area contributed by atoms with Crippen LogP contribution in [-0.4, -0.2) is 16.3 Å². The number of halogens is 4. The number of hydrogen-bond acceptors (Lipinski definition) is 5. The third kappa shape index (κ3) is 3.04. The van der Waals surface area contributed by atoms with Crippen molar-refractivity contribution in [2.45, 2.75) is 6.36 Å². The molecule has 0 fully saturated rings. The first-order chi connectivity index (χ1) is 7.76. The van der Waals surface area contributed by atoms with Crippen molar-refractivity contribution in [3.8, 4) is 11.8 Å². The lowest BCUT2D eigenvalue weighted by atomic mass is 10.3. The maximum atomic E-state index is 12.0. The van der Waals surface area contributed by atoms with E-state index < -0.39 is 32.9 Å². The van der Waals surface area contributed by atoms with Crippen LogP contribution < -0.4 is 4.74 Å². The molecule has 0 aromatic carbocycles. The molecular weight excluding hydrogens is 311 g/mol. The van der Waals surface area contributed by atoms with E-state index in [2.05, 4.69) is 25.7 Å². The van der Waals surface area contributed by atoms with Gasteiger partial charge in [-0.1, -0.05) is 0 Å². The molecule has 0 spiro atoms. The maximum absolute atomic E-state index is 12.0. The van der Waals surface area contributed by atoms with Crippen molar-refractivity contribution in [2.75, 3.05) is 0 Å². The zero-order valence-corrected chi connectivity index (χ0v) is 9.24. The summed E-state index contributed by atoms with van der Waals surface area (Å²) in [5, 5.41) is 19.0. The Labute approximate surface area is 99.9 Å². The van der Waals surface area contributed by atoms with Crippen LogP contribution in [0.15, 0.2) is 10.7 Å². The lowest BCUT2D eigenvalue weighted by Gasteiger charge is -2.10. The van der Waals surface area contributed by atoms with Crippen LogP contribution in [0.3, 0.4) is 0 Å². The standard InChI is InChI=1S/C7HBrF3N3O3/c8-5-4(14(15)16)2-13-3(1-12)6(5)17-7(9,10)11/h2H. The summed E-state index contributed by atoms with van der Waals surface area (Å²) in [5.41, 5.74) is -1.44. The van der Waals surface area contributed by atoms with Crippen molar-refractivity contribution < 1.29 is 22.8 Å². The van der Waals surface area contributed by atoms with Gasteiger partial charge in [-0.05, 0) is 15.9 Å². The first-order valence-corrected chi connectivity index (χ1v) is 4.54. The van der Waals surface area contributed by atoms with E-state index in [4.69, 9.17) is 5.26 Å². The number of pyridine rings is 1. The van der Waals surface area contributed by atoms with Crippen LogP contribution >= 0.6 is 15.9 Å². The van der Waals surface area contributed by atoms with Crippen LogP contribution in [0.1, 0.15) is 5.69 Å². The van der Waals surface area contributed by atoms with Crippen molar-refractivity contribution in [1.29, 1.82) is 5.26 Å². The van der Waals surface area contributed by atoms with Gasteiger partial charge in [-0.2, -0.15) is 5.26 Å². The highest BCUT2D eigenvalue weighted by Gasteiger charge is 2.35. The zero-order valence-electron chi connectivity index (χ0n) is 7.66. The molecule has 0 saturated heterocycles. The summed E-state index contributed by atoms with van der Waals surface area (Å²) >= 11 is 2.57. The monoisotopic (exact) mass is 311 g/mol. The first kappa shape index (κ1) is 13.2. The second-order valence-electron chi connectivity index (χ2n) is 2.55. The Kier molecular flexibility index (Phi) is 3.52. The van der Waals surface area contributed by atoms with E-state index in [1.165, 1.54) is 6.07 Å². The van der Waals surface area contributed by atoms with E-state index in [-0.39, 0.29) is 0 Å². The molecule has 1 aromatic heterocycles. The molecule has 0 aliphatic carbocycles. The Morgan fingerprint density at radius 2 is 2.18 bits per heavy atom. The van der Waals surface area contributed by atoms with Crippen molar-refractivity contribution >= 4 is 21.6 Å². The smallest absolute Gasteiger partial charge is 0.401 e. The normalized spacial score (nSPS) is 10.8. The molecule has 1 rings (SSSR count). The quantitative estimate of drug-likeness (QED) is 0.618. The molecule has 1 aromatic rings. The molecule has 0 atom stereocenters. The van der Waals surface area contributed by atoms with E-state index in [1.54, 1.807) is 0 Å². The van der Waals surface area contributed by atoms with E-state index in [1.807, 2.05) is 0 Å². The highest BCUT2D eigenvalue weighted by Crippen LogP contribution is 2.38. The molecule has 0 N–H and O–H groups in total. The molecule has 6 nitrogen and oxygen atoms in total. The number of nitrogens with zero attached hydrogens (tertiary/aromatic N) is 3. The first-order valence-electron chi connectivity index (χ1n) is 3.75.